The average Bonchev–Trinajstić information content (AvgIpc) is 3.35. The van der Waals surface area contributed by atoms with Crippen molar-refractivity contribution in [2.24, 2.45) is 5.92 Å². The number of amides is 1. The van der Waals surface area contributed by atoms with Gasteiger partial charge >= 0.3 is 11.9 Å². The summed E-state index contributed by atoms with van der Waals surface area (Å²) in [6.45, 7) is 3.14. The van der Waals surface area contributed by atoms with Crippen molar-refractivity contribution < 1.29 is 34.3 Å². The number of hydrogen-bond donors (Lipinski definition) is 3. The molecule has 1 aliphatic rings. The van der Waals surface area contributed by atoms with Crippen LogP contribution in [0.2, 0.25) is 0 Å². The summed E-state index contributed by atoms with van der Waals surface area (Å²) < 4.78 is 8.28. The molecule has 3 N–H and O–H groups in total. The van der Waals surface area contributed by atoms with E-state index >= 15 is 0 Å². The van der Waals surface area contributed by atoms with E-state index in [2.05, 4.69) is 20.9 Å². The fraction of sp³-hybridized carbons (Fsp3) is 0.267. The van der Waals surface area contributed by atoms with Gasteiger partial charge in [0.25, 0.3) is 5.69 Å². The second kappa shape index (κ2) is 14.5. The number of fused-ring (bicyclic) bond motifs is 1. The normalized spacial score (nSPS) is 13.5. The Bertz CT molecular complexity index is 1570. The first-order valence-electron chi connectivity index (χ1n) is 13.5. The maximum atomic E-state index is 12.5. The third-order valence-electron chi connectivity index (χ3n) is 6.88. The molecule has 4 aromatic rings. The number of para-hydroxylation sites is 3. The number of piperidine rings is 1. The van der Waals surface area contributed by atoms with Crippen LogP contribution in [-0.4, -0.2) is 67.1 Å². The van der Waals surface area contributed by atoms with Gasteiger partial charge in [-0.2, -0.15) is 0 Å². The van der Waals surface area contributed by atoms with Crippen LogP contribution in [0.3, 0.4) is 0 Å². The highest BCUT2D eigenvalue weighted by Crippen LogP contribution is 2.25. The molecule has 0 bridgehead atoms. The molecule has 0 atom stereocenters. The Hall–Kier alpha value is -5.30. The lowest BCUT2D eigenvalue weighted by atomic mass is 9.96. The largest absolute Gasteiger partial charge is 0.486 e. The number of nitrogens with one attached hydrogen (secondary N) is 1. The summed E-state index contributed by atoms with van der Waals surface area (Å²) in [5, 5.41) is 28.5. The maximum absolute atomic E-state index is 12.5. The van der Waals surface area contributed by atoms with E-state index in [0.717, 1.165) is 55.1 Å². The molecule has 43 heavy (non-hydrogen) atoms. The second-order valence-electron chi connectivity index (χ2n) is 9.91. The van der Waals surface area contributed by atoms with Crippen molar-refractivity contribution in [2.75, 3.05) is 25.0 Å². The lowest BCUT2D eigenvalue weighted by Crippen LogP contribution is -2.40. The number of anilines is 1. The van der Waals surface area contributed by atoms with Gasteiger partial charge in [-0.05, 0) is 62.2 Å². The molecule has 224 valence electrons. The topological polar surface area (TPSA) is 177 Å². The van der Waals surface area contributed by atoms with Crippen LogP contribution in [0.1, 0.15) is 18.7 Å². The summed E-state index contributed by atoms with van der Waals surface area (Å²) in [6, 6.07) is 23.9. The minimum atomic E-state index is -1.82. The lowest BCUT2D eigenvalue weighted by Gasteiger charge is -2.32. The Morgan fingerprint density at radius 3 is 2.30 bits per heavy atom. The number of nitrogens with zero attached hydrogens (tertiary/aromatic N) is 4. The summed E-state index contributed by atoms with van der Waals surface area (Å²) >= 11 is 0. The third-order valence-corrected chi connectivity index (χ3v) is 6.88. The van der Waals surface area contributed by atoms with Gasteiger partial charge in [-0.3, -0.25) is 19.8 Å². The van der Waals surface area contributed by atoms with Crippen LogP contribution >= 0.6 is 0 Å². The summed E-state index contributed by atoms with van der Waals surface area (Å²) in [4.78, 5) is 48.2. The number of aliphatic carboxylic acids is 2. The highest BCUT2D eigenvalue weighted by Gasteiger charge is 2.23. The van der Waals surface area contributed by atoms with Crippen LogP contribution in [0.4, 0.5) is 11.4 Å². The minimum Gasteiger partial charge on any atom is -0.486 e. The van der Waals surface area contributed by atoms with Crippen molar-refractivity contribution in [2.45, 2.75) is 26.0 Å². The van der Waals surface area contributed by atoms with Gasteiger partial charge in [0, 0.05) is 24.4 Å². The zero-order chi connectivity index (χ0) is 30.8. The molecular formula is C30H31N5O8. The summed E-state index contributed by atoms with van der Waals surface area (Å²) in [6.07, 6.45) is 1.94. The SMILES string of the molecule is O=C(CN1CCC(Cn2c(COc3ccccc3)nc3ccccc32)CC1)Nc1cccc([N+](=O)[O-])c1.O=C(O)C(=O)O. The third kappa shape index (κ3) is 8.84. The average molecular weight is 590 g/mol. The smallest absolute Gasteiger partial charge is 0.414 e. The first-order chi connectivity index (χ1) is 20.7. The number of likely N-dealkylation sites (tertiary alicyclic amines) is 1. The molecule has 1 aliphatic heterocycles. The summed E-state index contributed by atoms with van der Waals surface area (Å²) in [5.41, 5.74) is 2.46. The number of imidazole rings is 1. The quantitative estimate of drug-likeness (QED) is 0.147. The molecule has 1 aromatic heterocycles. The fourth-order valence-electron chi connectivity index (χ4n) is 4.79. The predicted octanol–water partition coefficient (Wildman–Crippen LogP) is 4.03. The Labute approximate surface area is 246 Å². The van der Waals surface area contributed by atoms with Gasteiger partial charge in [0.05, 0.1) is 22.5 Å². The second-order valence-corrected chi connectivity index (χ2v) is 9.91. The minimum absolute atomic E-state index is 0.0424. The van der Waals surface area contributed by atoms with Crippen LogP contribution in [0, 0.1) is 16.0 Å². The number of carboxylic acids is 2. The van der Waals surface area contributed by atoms with Crippen molar-refractivity contribution in [3.63, 3.8) is 0 Å². The van der Waals surface area contributed by atoms with Crippen molar-refractivity contribution in [1.82, 2.24) is 14.5 Å². The molecule has 13 heteroatoms. The van der Waals surface area contributed by atoms with Crippen LogP contribution in [0.5, 0.6) is 5.75 Å². The number of nitro benzene ring substituents is 1. The zero-order valence-electron chi connectivity index (χ0n) is 23.2. The number of carbonyl (C=O) groups is 3. The molecule has 0 spiro atoms. The van der Waals surface area contributed by atoms with E-state index in [1.165, 1.54) is 12.1 Å². The Morgan fingerprint density at radius 2 is 1.63 bits per heavy atom. The van der Waals surface area contributed by atoms with Gasteiger partial charge in [0.2, 0.25) is 5.91 Å². The van der Waals surface area contributed by atoms with Crippen molar-refractivity contribution in [1.29, 1.82) is 0 Å². The van der Waals surface area contributed by atoms with Crippen LogP contribution in [0.15, 0.2) is 78.9 Å². The number of hydrogen-bond acceptors (Lipinski definition) is 8. The van der Waals surface area contributed by atoms with Gasteiger partial charge in [-0.25, -0.2) is 14.6 Å². The van der Waals surface area contributed by atoms with Gasteiger partial charge < -0.3 is 24.8 Å². The number of carboxylic acid groups (broad SMARTS) is 2. The first kappa shape index (κ1) is 30.7. The first-order valence-corrected chi connectivity index (χ1v) is 13.5. The summed E-state index contributed by atoms with van der Waals surface area (Å²) in [5.74, 6) is -1.63. The number of ether oxygens (including phenoxy) is 1. The Kier molecular flexibility index (Phi) is 10.4. The van der Waals surface area contributed by atoms with Gasteiger partial charge in [0.1, 0.15) is 18.2 Å². The Balaban J connectivity index is 0.000000641. The monoisotopic (exact) mass is 589 g/mol. The molecule has 3 aromatic carbocycles. The van der Waals surface area contributed by atoms with Crippen LogP contribution in [-0.2, 0) is 27.5 Å². The molecule has 1 saturated heterocycles. The molecule has 1 fully saturated rings. The van der Waals surface area contributed by atoms with Gasteiger partial charge in [-0.1, -0.05) is 36.4 Å². The predicted molar refractivity (Wildman–Crippen MR) is 157 cm³/mol. The molecule has 13 nitrogen and oxygen atoms in total. The number of carbonyl (C=O) groups excluding carboxylic acids is 1. The van der Waals surface area contributed by atoms with Crippen LogP contribution < -0.4 is 10.1 Å². The van der Waals surface area contributed by atoms with E-state index in [0.29, 0.717) is 18.2 Å². The van der Waals surface area contributed by atoms with E-state index in [9.17, 15) is 14.9 Å². The molecule has 0 saturated carbocycles. The van der Waals surface area contributed by atoms with Gasteiger partial charge in [-0.15, -0.1) is 0 Å². The van der Waals surface area contributed by atoms with Gasteiger partial charge in [0.15, 0.2) is 0 Å². The molecule has 2 heterocycles. The number of benzene rings is 3. The highest BCUT2D eigenvalue weighted by atomic mass is 16.6. The number of nitro groups is 1. The van der Waals surface area contributed by atoms with E-state index in [1.807, 2.05) is 48.5 Å². The number of rotatable bonds is 9. The lowest BCUT2D eigenvalue weighted by molar-refractivity contribution is -0.384. The zero-order valence-corrected chi connectivity index (χ0v) is 23.2. The molecular weight excluding hydrogens is 558 g/mol. The highest BCUT2D eigenvalue weighted by molar-refractivity contribution is 6.27. The van der Waals surface area contributed by atoms with E-state index < -0.39 is 16.9 Å². The van der Waals surface area contributed by atoms with Crippen molar-refractivity contribution in [3.05, 3.63) is 94.8 Å². The molecule has 1 amide bonds. The maximum Gasteiger partial charge on any atom is 0.414 e. The van der Waals surface area contributed by atoms with E-state index in [4.69, 9.17) is 29.5 Å². The fourth-order valence-corrected chi connectivity index (χ4v) is 4.79. The number of non-ortho nitro benzene ring substituents is 1. The van der Waals surface area contributed by atoms with Crippen LogP contribution in [0.25, 0.3) is 11.0 Å². The van der Waals surface area contributed by atoms with E-state index in [-0.39, 0.29) is 18.1 Å². The van der Waals surface area contributed by atoms with Crippen molar-refractivity contribution >= 4 is 40.3 Å². The summed E-state index contributed by atoms with van der Waals surface area (Å²) in [7, 11) is 0. The molecule has 0 radical (unpaired) electrons. The Morgan fingerprint density at radius 1 is 0.953 bits per heavy atom. The number of aromatic nitrogens is 2. The van der Waals surface area contributed by atoms with Crippen molar-refractivity contribution in [3.8, 4) is 5.75 Å². The molecule has 0 aliphatic carbocycles. The van der Waals surface area contributed by atoms with E-state index in [1.54, 1.807) is 12.1 Å². The molecule has 0 unspecified atom stereocenters. The standard InChI is InChI=1S/C28H29N5O4.C2H2O4/c34-28(29-22-7-6-8-23(17-22)33(35)36)19-31-15-13-21(14-16-31)18-32-26-12-5-4-11-25(26)30-27(32)20-37-24-9-2-1-3-10-24;3-1(4)2(5)6/h1-12,17,21H,13-16,18-20H2,(H,29,34);(H,3,4)(H,5,6). The molecule has 5 rings (SSSR count).